The quantitative estimate of drug-likeness (QED) is 0.800. The van der Waals surface area contributed by atoms with Gasteiger partial charge in [-0.15, -0.1) is 0 Å². The summed E-state index contributed by atoms with van der Waals surface area (Å²) in [5, 5.41) is 2.88. The molecule has 0 atom stereocenters. The number of hydrogen-bond acceptors (Lipinski definition) is 3. The van der Waals surface area contributed by atoms with E-state index in [4.69, 9.17) is 0 Å². The number of nitrogens with one attached hydrogen (secondary N) is 1. The SMILES string of the molecule is CCN(CC)c1ccc(NC(=O)CN(C(C)=O)c2cc(C)cc(C)c2)cc1. The number of carbonyl (C=O) groups excluding carboxylic acids is 2. The van der Waals surface area contributed by atoms with Crippen LogP contribution in [0.15, 0.2) is 42.5 Å². The number of benzene rings is 2. The second kappa shape index (κ2) is 9.21. The Morgan fingerprint density at radius 2 is 1.44 bits per heavy atom. The van der Waals surface area contributed by atoms with Crippen LogP contribution in [-0.2, 0) is 9.59 Å². The number of nitrogens with zero attached hydrogens (tertiary/aromatic N) is 2. The van der Waals surface area contributed by atoms with Crippen molar-refractivity contribution in [1.82, 2.24) is 0 Å². The largest absolute Gasteiger partial charge is 0.372 e. The first-order chi connectivity index (χ1) is 12.8. The lowest BCUT2D eigenvalue weighted by atomic mass is 10.1. The summed E-state index contributed by atoms with van der Waals surface area (Å²) < 4.78 is 0. The molecular formula is C22H29N3O2. The lowest BCUT2D eigenvalue weighted by molar-refractivity contribution is -0.120. The van der Waals surface area contributed by atoms with Crippen LogP contribution in [0.5, 0.6) is 0 Å². The van der Waals surface area contributed by atoms with E-state index in [0.29, 0.717) is 0 Å². The van der Waals surface area contributed by atoms with Crippen molar-refractivity contribution in [3.05, 3.63) is 53.6 Å². The molecule has 0 radical (unpaired) electrons. The Balaban J connectivity index is 2.09. The number of carbonyl (C=O) groups is 2. The summed E-state index contributed by atoms with van der Waals surface area (Å²) in [4.78, 5) is 28.3. The van der Waals surface area contributed by atoms with E-state index in [1.807, 2.05) is 56.3 Å². The molecule has 2 aromatic carbocycles. The molecule has 144 valence electrons. The highest BCUT2D eigenvalue weighted by Gasteiger charge is 2.16. The molecule has 0 heterocycles. The molecule has 1 N–H and O–H groups in total. The maximum atomic E-state index is 12.5. The average molecular weight is 367 g/mol. The van der Waals surface area contributed by atoms with E-state index in [1.165, 1.54) is 11.8 Å². The fourth-order valence-corrected chi connectivity index (χ4v) is 3.18. The van der Waals surface area contributed by atoms with Crippen molar-refractivity contribution in [1.29, 1.82) is 0 Å². The van der Waals surface area contributed by atoms with Gasteiger partial charge < -0.3 is 15.1 Å². The predicted octanol–water partition coefficient (Wildman–Crippen LogP) is 4.14. The van der Waals surface area contributed by atoms with E-state index in [9.17, 15) is 9.59 Å². The Labute approximate surface area is 162 Å². The molecule has 0 unspecified atom stereocenters. The van der Waals surface area contributed by atoms with E-state index in [0.717, 1.165) is 41.3 Å². The second-order valence-corrected chi connectivity index (χ2v) is 6.72. The van der Waals surface area contributed by atoms with Gasteiger partial charge in [0.1, 0.15) is 6.54 Å². The van der Waals surface area contributed by atoms with Crippen molar-refractivity contribution in [3.8, 4) is 0 Å². The number of aryl methyl sites for hydroxylation is 2. The minimum absolute atomic E-state index is 0.0178. The molecule has 2 aromatic rings. The molecule has 2 amide bonds. The Kier molecular flexibility index (Phi) is 6.99. The Hall–Kier alpha value is -2.82. The van der Waals surface area contributed by atoms with Gasteiger partial charge >= 0.3 is 0 Å². The molecule has 0 saturated heterocycles. The minimum atomic E-state index is -0.222. The summed E-state index contributed by atoms with van der Waals surface area (Å²) in [6, 6.07) is 13.6. The third-order valence-electron chi connectivity index (χ3n) is 4.48. The van der Waals surface area contributed by atoms with Crippen LogP contribution in [-0.4, -0.2) is 31.4 Å². The van der Waals surface area contributed by atoms with Crippen LogP contribution < -0.4 is 15.1 Å². The van der Waals surface area contributed by atoms with Crippen LogP contribution in [0, 0.1) is 13.8 Å². The molecular weight excluding hydrogens is 338 g/mol. The van der Waals surface area contributed by atoms with Gasteiger partial charge in [0.05, 0.1) is 0 Å². The number of rotatable bonds is 7. The highest BCUT2D eigenvalue weighted by Crippen LogP contribution is 2.20. The second-order valence-electron chi connectivity index (χ2n) is 6.72. The maximum Gasteiger partial charge on any atom is 0.244 e. The van der Waals surface area contributed by atoms with Crippen LogP contribution in [0.4, 0.5) is 17.1 Å². The topological polar surface area (TPSA) is 52.7 Å². The van der Waals surface area contributed by atoms with Gasteiger partial charge in [0, 0.05) is 37.1 Å². The van der Waals surface area contributed by atoms with Gasteiger partial charge in [-0.1, -0.05) is 6.07 Å². The van der Waals surface area contributed by atoms with Crippen molar-refractivity contribution in [2.75, 3.05) is 34.8 Å². The first kappa shape index (κ1) is 20.5. The zero-order valence-electron chi connectivity index (χ0n) is 16.9. The Bertz CT molecular complexity index is 775. The molecule has 5 heteroatoms. The van der Waals surface area contributed by atoms with E-state index in [1.54, 1.807) is 0 Å². The number of hydrogen-bond donors (Lipinski definition) is 1. The first-order valence-electron chi connectivity index (χ1n) is 9.35. The highest BCUT2D eigenvalue weighted by molar-refractivity contribution is 6.01. The summed E-state index contributed by atoms with van der Waals surface area (Å²) in [6.07, 6.45) is 0. The molecule has 0 aliphatic carbocycles. The molecule has 0 bridgehead atoms. The third-order valence-corrected chi connectivity index (χ3v) is 4.48. The van der Waals surface area contributed by atoms with Gasteiger partial charge in [-0.25, -0.2) is 0 Å². The molecule has 0 aliphatic heterocycles. The average Bonchev–Trinajstić information content (AvgIpc) is 2.61. The summed E-state index contributed by atoms with van der Waals surface area (Å²) in [5.41, 5.74) is 4.71. The van der Waals surface area contributed by atoms with Gasteiger partial charge in [0.2, 0.25) is 11.8 Å². The van der Waals surface area contributed by atoms with E-state index in [2.05, 4.69) is 24.1 Å². The molecule has 0 aliphatic rings. The Morgan fingerprint density at radius 1 is 0.889 bits per heavy atom. The van der Waals surface area contributed by atoms with Crippen molar-refractivity contribution in [2.24, 2.45) is 0 Å². The van der Waals surface area contributed by atoms with Gasteiger partial charge in [0.25, 0.3) is 0 Å². The van der Waals surface area contributed by atoms with Gasteiger partial charge in [-0.2, -0.15) is 0 Å². The van der Waals surface area contributed by atoms with Crippen molar-refractivity contribution in [3.63, 3.8) is 0 Å². The lowest BCUT2D eigenvalue weighted by Gasteiger charge is -2.22. The number of amides is 2. The van der Waals surface area contributed by atoms with Crippen molar-refractivity contribution >= 4 is 28.9 Å². The van der Waals surface area contributed by atoms with E-state index < -0.39 is 0 Å². The molecule has 0 aromatic heterocycles. The molecule has 5 nitrogen and oxygen atoms in total. The summed E-state index contributed by atoms with van der Waals surface area (Å²) in [7, 11) is 0. The van der Waals surface area contributed by atoms with Crippen molar-refractivity contribution in [2.45, 2.75) is 34.6 Å². The van der Waals surface area contributed by atoms with Crippen LogP contribution in [0.1, 0.15) is 31.9 Å². The summed E-state index contributed by atoms with van der Waals surface area (Å²) in [5.74, 6) is -0.382. The summed E-state index contributed by atoms with van der Waals surface area (Å²) in [6.45, 7) is 11.5. The fraction of sp³-hybridized carbons (Fsp3) is 0.364. The third kappa shape index (κ3) is 5.58. The van der Waals surface area contributed by atoms with Crippen LogP contribution in [0.3, 0.4) is 0 Å². The van der Waals surface area contributed by atoms with E-state index >= 15 is 0 Å². The smallest absolute Gasteiger partial charge is 0.244 e. The van der Waals surface area contributed by atoms with Crippen LogP contribution in [0.25, 0.3) is 0 Å². The molecule has 2 rings (SSSR count). The first-order valence-corrected chi connectivity index (χ1v) is 9.35. The summed E-state index contributed by atoms with van der Waals surface area (Å²) >= 11 is 0. The molecule has 0 saturated carbocycles. The zero-order valence-corrected chi connectivity index (χ0v) is 16.9. The van der Waals surface area contributed by atoms with Crippen molar-refractivity contribution < 1.29 is 9.59 Å². The monoisotopic (exact) mass is 367 g/mol. The van der Waals surface area contributed by atoms with E-state index in [-0.39, 0.29) is 18.4 Å². The molecule has 0 spiro atoms. The standard InChI is InChI=1S/C22H29N3O2/c1-6-24(7-2)20-10-8-19(9-11-20)23-22(27)15-25(18(5)26)21-13-16(3)12-17(4)14-21/h8-14H,6-7,15H2,1-5H3,(H,23,27). The Morgan fingerprint density at radius 3 is 1.93 bits per heavy atom. The number of anilines is 3. The molecule has 0 fully saturated rings. The fourth-order valence-electron chi connectivity index (χ4n) is 3.18. The predicted molar refractivity (Wildman–Crippen MR) is 113 cm³/mol. The minimum Gasteiger partial charge on any atom is -0.372 e. The highest BCUT2D eigenvalue weighted by atomic mass is 16.2. The van der Waals surface area contributed by atoms with Crippen LogP contribution >= 0.6 is 0 Å². The van der Waals surface area contributed by atoms with Gasteiger partial charge in [-0.05, 0) is 75.2 Å². The van der Waals surface area contributed by atoms with Crippen LogP contribution in [0.2, 0.25) is 0 Å². The van der Waals surface area contributed by atoms with Gasteiger partial charge in [-0.3, -0.25) is 9.59 Å². The normalized spacial score (nSPS) is 10.4. The maximum absolute atomic E-state index is 12.5. The lowest BCUT2D eigenvalue weighted by Crippen LogP contribution is -2.36. The van der Waals surface area contributed by atoms with Gasteiger partial charge in [0.15, 0.2) is 0 Å². The zero-order chi connectivity index (χ0) is 20.0. The molecule has 27 heavy (non-hydrogen) atoms.